The molecule has 0 aliphatic carbocycles. The van der Waals surface area contributed by atoms with Gasteiger partial charge in [0.1, 0.15) is 5.88 Å². The summed E-state index contributed by atoms with van der Waals surface area (Å²) in [4.78, 5) is 13.7. The summed E-state index contributed by atoms with van der Waals surface area (Å²) in [6, 6.07) is 9.94. The first-order valence-corrected chi connectivity index (χ1v) is 6.86. The molecule has 98 valence electrons. The maximum absolute atomic E-state index is 11.9. The SMILES string of the molecule is C/C=C(\c1ccccc1)N(CCCC)C(=O)CCl. The second-order valence-corrected chi connectivity index (χ2v) is 4.34. The Kier molecular flexibility index (Phi) is 6.51. The molecular formula is C15H20ClNO. The van der Waals surface area contributed by atoms with Crippen LogP contribution < -0.4 is 0 Å². The van der Waals surface area contributed by atoms with E-state index in [1.807, 2.05) is 43.3 Å². The van der Waals surface area contributed by atoms with Crippen LogP contribution in [0.25, 0.3) is 5.70 Å². The molecule has 0 spiro atoms. The highest BCUT2D eigenvalue weighted by Gasteiger charge is 2.17. The van der Waals surface area contributed by atoms with Crippen LogP contribution in [-0.4, -0.2) is 23.2 Å². The van der Waals surface area contributed by atoms with E-state index < -0.39 is 0 Å². The predicted molar refractivity (Wildman–Crippen MR) is 77.4 cm³/mol. The highest BCUT2D eigenvalue weighted by molar-refractivity contribution is 6.27. The number of rotatable bonds is 6. The number of unbranched alkanes of at least 4 members (excludes halogenated alkanes) is 1. The molecule has 0 fully saturated rings. The highest BCUT2D eigenvalue weighted by Crippen LogP contribution is 2.20. The molecule has 0 unspecified atom stereocenters. The lowest BCUT2D eigenvalue weighted by Crippen LogP contribution is -2.31. The van der Waals surface area contributed by atoms with E-state index >= 15 is 0 Å². The summed E-state index contributed by atoms with van der Waals surface area (Å²) in [5.41, 5.74) is 1.99. The van der Waals surface area contributed by atoms with Crippen LogP contribution in [-0.2, 0) is 4.79 Å². The molecular weight excluding hydrogens is 246 g/mol. The number of allylic oxidation sites excluding steroid dienone is 1. The number of nitrogens with zero attached hydrogens (tertiary/aromatic N) is 1. The molecule has 0 bridgehead atoms. The average Bonchev–Trinajstić information content (AvgIpc) is 2.43. The Hall–Kier alpha value is -1.28. The van der Waals surface area contributed by atoms with Crippen molar-refractivity contribution in [3.05, 3.63) is 42.0 Å². The first kappa shape index (κ1) is 14.8. The number of hydrogen-bond donors (Lipinski definition) is 0. The Morgan fingerprint density at radius 3 is 2.50 bits per heavy atom. The van der Waals surface area contributed by atoms with Crippen LogP contribution >= 0.6 is 11.6 Å². The fourth-order valence-corrected chi connectivity index (χ4v) is 2.00. The Morgan fingerprint density at radius 1 is 1.33 bits per heavy atom. The Morgan fingerprint density at radius 2 is 2.00 bits per heavy atom. The monoisotopic (exact) mass is 265 g/mol. The van der Waals surface area contributed by atoms with Gasteiger partial charge in [-0.3, -0.25) is 4.79 Å². The molecule has 0 heterocycles. The minimum atomic E-state index is -0.0398. The Labute approximate surface area is 114 Å². The lowest BCUT2D eigenvalue weighted by atomic mass is 10.1. The summed E-state index contributed by atoms with van der Waals surface area (Å²) in [5.74, 6) is -0.0180. The van der Waals surface area contributed by atoms with Gasteiger partial charge in [0.15, 0.2) is 0 Å². The van der Waals surface area contributed by atoms with E-state index in [0.717, 1.165) is 30.6 Å². The van der Waals surface area contributed by atoms with Crippen LogP contribution in [0.15, 0.2) is 36.4 Å². The lowest BCUT2D eigenvalue weighted by molar-refractivity contribution is -0.125. The number of carbonyl (C=O) groups excluding carboxylic acids is 1. The normalized spacial score (nSPS) is 11.4. The zero-order valence-corrected chi connectivity index (χ0v) is 11.8. The molecule has 3 heteroatoms. The topological polar surface area (TPSA) is 20.3 Å². The van der Waals surface area contributed by atoms with Crippen LogP contribution in [0.3, 0.4) is 0 Å². The second kappa shape index (κ2) is 7.93. The van der Waals surface area contributed by atoms with Crippen molar-refractivity contribution in [2.75, 3.05) is 12.4 Å². The second-order valence-electron chi connectivity index (χ2n) is 4.07. The summed E-state index contributed by atoms with van der Waals surface area (Å²) in [6.45, 7) is 4.78. The zero-order chi connectivity index (χ0) is 13.4. The molecule has 1 aromatic rings. The van der Waals surface area contributed by atoms with Crippen LogP contribution in [0.1, 0.15) is 32.3 Å². The molecule has 1 amide bonds. The van der Waals surface area contributed by atoms with Gasteiger partial charge in [-0.15, -0.1) is 11.6 Å². The third-order valence-corrected chi connectivity index (χ3v) is 3.01. The third-order valence-electron chi connectivity index (χ3n) is 2.78. The number of benzene rings is 1. The van der Waals surface area contributed by atoms with Crippen molar-refractivity contribution >= 4 is 23.2 Å². The van der Waals surface area contributed by atoms with E-state index in [1.54, 1.807) is 4.90 Å². The smallest absolute Gasteiger partial charge is 0.241 e. The molecule has 0 aliphatic rings. The van der Waals surface area contributed by atoms with E-state index in [2.05, 4.69) is 6.92 Å². The highest BCUT2D eigenvalue weighted by atomic mass is 35.5. The Bertz CT molecular complexity index is 400. The van der Waals surface area contributed by atoms with E-state index in [0.29, 0.717) is 0 Å². The molecule has 1 aromatic carbocycles. The molecule has 0 atom stereocenters. The molecule has 0 saturated carbocycles. The molecule has 0 aromatic heterocycles. The van der Waals surface area contributed by atoms with Crippen molar-refractivity contribution in [1.82, 2.24) is 4.90 Å². The van der Waals surface area contributed by atoms with Gasteiger partial charge in [0.2, 0.25) is 5.91 Å². The van der Waals surface area contributed by atoms with Crippen LogP contribution in [0.2, 0.25) is 0 Å². The summed E-state index contributed by atoms with van der Waals surface area (Å²) < 4.78 is 0. The predicted octanol–water partition coefficient (Wildman–Crippen LogP) is 3.91. The van der Waals surface area contributed by atoms with Gasteiger partial charge in [0.05, 0.1) is 0 Å². The van der Waals surface area contributed by atoms with Gasteiger partial charge < -0.3 is 4.90 Å². The van der Waals surface area contributed by atoms with Crippen molar-refractivity contribution in [2.24, 2.45) is 0 Å². The summed E-state index contributed by atoms with van der Waals surface area (Å²) in [5, 5.41) is 0. The van der Waals surface area contributed by atoms with Crippen molar-refractivity contribution in [3.8, 4) is 0 Å². The number of hydrogen-bond acceptors (Lipinski definition) is 1. The lowest BCUT2D eigenvalue weighted by Gasteiger charge is -2.25. The number of halogens is 1. The van der Waals surface area contributed by atoms with E-state index in [4.69, 9.17) is 11.6 Å². The largest absolute Gasteiger partial charge is 0.311 e. The fourth-order valence-electron chi connectivity index (χ4n) is 1.86. The van der Waals surface area contributed by atoms with Gasteiger partial charge in [-0.1, -0.05) is 49.8 Å². The number of amides is 1. The first-order valence-electron chi connectivity index (χ1n) is 6.32. The zero-order valence-electron chi connectivity index (χ0n) is 11.0. The molecule has 0 aliphatic heterocycles. The molecule has 0 saturated heterocycles. The van der Waals surface area contributed by atoms with E-state index in [9.17, 15) is 4.79 Å². The molecule has 0 radical (unpaired) electrons. The van der Waals surface area contributed by atoms with Crippen molar-refractivity contribution in [3.63, 3.8) is 0 Å². The van der Waals surface area contributed by atoms with Crippen molar-refractivity contribution in [1.29, 1.82) is 0 Å². The minimum Gasteiger partial charge on any atom is -0.311 e. The van der Waals surface area contributed by atoms with Crippen LogP contribution in [0.4, 0.5) is 0 Å². The minimum absolute atomic E-state index is 0.0217. The molecule has 0 N–H and O–H groups in total. The van der Waals surface area contributed by atoms with Gasteiger partial charge in [0.25, 0.3) is 0 Å². The average molecular weight is 266 g/mol. The molecule has 18 heavy (non-hydrogen) atoms. The van der Waals surface area contributed by atoms with Crippen molar-refractivity contribution in [2.45, 2.75) is 26.7 Å². The van der Waals surface area contributed by atoms with Gasteiger partial charge >= 0.3 is 0 Å². The maximum Gasteiger partial charge on any atom is 0.241 e. The fraction of sp³-hybridized carbons (Fsp3) is 0.400. The van der Waals surface area contributed by atoms with E-state index in [-0.39, 0.29) is 11.8 Å². The van der Waals surface area contributed by atoms with Gasteiger partial charge in [-0.05, 0) is 18.9 Å². The van der Waals surface area contributed by atoms with Crippen LogP contribution in [0.5, 0.6) is 0 Å². The standard InChI is InChI=1S/C15H20ClNO/c1-3-5-11-17(15(18)12-16)14(4-2)13-9-7-6-8-10-13/h4,6-10H,3,5,11-12H2,1-2H3/b14-4+. The summed E-state index contributed by atoms with van der Waals surface area (Å²) in [7, 11) is 0. The van der Waals surface area contributed by atoms with Gasteiger partial charge in [0, 0.05) is 12.2 Å². The third kappa shape index (κ3) is 3.88. The van der Waals surface area contributed by atoms with Crippen LogP contribution in [0, 0.1) is 0 Å². The van der Waals surface area contributed by atoms with E-state index in [1.165, 1.54) is 0 Å². The first-order chi connectivity index (χ1) is 8.74. The quantitative estimate of drug-likeness (QED) is 0.714. The van der Waals surface area contributed by atoms with Gasteiger partial charge in [-0.2, -0.15) is 0 Å². The summed E-state index contributed by atoms with van der Waals surface area (Å²) >= 11 is 5.70. The Balaban J connectivity index is 2.98. The number of alkyl halides is 1. The molecule has 2 nitrogen and oxygen atoms in total. The number of carbonyl (C=O) groups is 1. The van der Waals surface area contributed by atoms with Gasteiger partial charge in [-0.25, -0.2) is 0 Å². The molecule has 1 rings (SSSR count). The van der Waals surface area contributed by atoms with Crippen molar-refractivity contribution < 1.29 is 4.79 Å². The maximum atomic E-state index is 11.9. The summed E-state index contributed by atoms with van der Waals surface area (Å²) in [6.07, 6.45) is 4.00.